The molecular weight excluding hydrogens is 947 g/mol. The number of aromatic hydroxyl groups is 1. The number of benzene rings is 3. The number of amides is 4. The van der Waals surface area contributed by atoms with Crippen LogP contribution in [0.5, 0.6) is 17.5 Å². The summed E-state index contributed by atoms with van der Waals surface area (Å²) in [6.07, 6.45) is 16.1. The SMILES string of the molecule is C#Cc1c(F)ccc2cc(O)cc(-c3ncc4c(C5CC6CCN(C6)N5)nc(OC[C@H](C)CN5CCN(CC6CCC7(CC6)CCN(C(=O)c6ccc(OC)c(N8CCC(=O)NC8=O)c6)CC7)CC5)nc4c3F)c12. The lowest BCUT2D eigenvalue weighted by atomic mass is 9.65. The molecule has 16 nitrogen and oxygen atoms in total. The van der Waals surface area contributed by atoms with Crippen LogP contribution >= 0.6 is 0 Å². The highest BCUT2D eigenvalue weighted by molar-refractivity contribution is 6.07. The van der Waals surface area contributed by atoms with Gasteiger partial charge in [-0.05, 0) is 110 Å². The molecule has 4 atom stereocenters. The number of methoxy groups -OCH3 is 1. The molecule has 5 saturated heterocycles. The molecule has 0 radical (unpaired) electrons. The van der Waals surface area contributed by atoms with Gasteiger partial charge in [-0.15, -0.1) is 6.42 Å². The van der Waals surface area contributed by atoms with Crippen molar-refractivity contribution in [2.24, 2.45) is 23.2 Å². The van der Waals surface area contributed by atoms with Crippen molar-refractivity contribution in [3.63, 3.8) is 0 Å². The van der Waals surface area contributed by atoms with Crippen LogP contribution in [0.25, 0.3) is 32.9 Å². The van der Waals surface area contributed by atoms with Gasteiger partial charge < -0.3 is 29.3 Å². The number of hydrogen-bond donors (Lipinski definition) is 3. The summed E-state index contributed by atoms with van der Waals surface area (Å²) in [5.41, 5.74) is 5.48. The summed E-state index contributed by atoms with van der Waals surface area (Å²) in [6.45, 7) is 11.9. The van der Waals surface area contributed by atoms with Crippen LogP contribution in [0.15, 0.2) is 48.7 Å². The number of hydrazine groups is 1. The van der Waals surface area contributed by atoms with E-state index in [1.807, 2.05) is 4.90 Å². The number of piperazine rings is 1. The predicted molar refractivity (Wildman–Crippen MR) is 276 cm³/mol. The number of piperidine rings is 1. The van der Waals surface area contributed by atoms with Crippen LogP contribution in [-0.2, 0) is 4.79 Å². The number of pyridine rings is 1. The van der Waals surface area contributed by atoms with E-state index in [0.717, 1.165) is 78.0 Å². The Labute approximate surface area is 429 Å². The van der Waals surface area contributed by atoms with E-state index in [1.54, 1.807) is 24.4 Å². The first-order valence-corrected chi connectivity index (χ1v) is 26.3. The van der Waals surface area contributed by atoms with E-state index in [9.17, 15) is 19.5 Å². The minimum absolute atomic E-state index is 0.0304. The summed E-state index contributed by atoms with van der Waals surface area (Å²) >= 11 is 0. The zero-order valence-electron chi connectivity index (χ0n) is 42.2. The second-order valence-corrected chi connectivity index (χ2v) is 21.6. The molecule has 1 saturated carbocycles. The maximum Gasteiger partial charge on any atom is 0.328 e. The van der Waals surface area contributed by atoms with Crippen molar-refractivity contribution in [1.82, 2.24) is 45.4 Å². The van der Waals surface area contributed by atoms with Crippen LogP contribution in [0.4, 0.5) is 19.3 Å². The first kappa shape index (κ1) is 49.7. The Morgan fingerprint density at radius 3 is 2.49 bits per heavy atom. The minimum Gasteiger partial charge on any atom is -0.508 e. The highest BCUT2D eigenvalue weighted by Gasteiger charge is 2.40. The number of rotatable bonds is 12. The van der Waals surface area contributed by atoms with Crippen LogP contribution in [0, 0.1) is 47.1 Å². The van der Waals surface area contributed by atoms with E-state index in [4.69, 9.17) is 20.9 Å². The molecule has 7 heterocycles. The summed E-state index contributed by atoms with van der Waals surface area (Å²) < 4.78 is 44.0. The fourth-order valence-corrected chi connectivity index (χ4v) is 12.6. The number of fused-ring (bicyclic) bond motifs is 4. The molecule has 5 aromatic rings. The number of hydrogen-bond acceptors (Lipinski definition) is 13. The van der Waals surface area contributed by atoms with E-state index in [-0.39, 0.29) is 81.6 Å². The second kappa shape index (κ2) is 20.7. The molecule has 1 spiro atoms. The largest absolute Gasteiger partial charge is 0.508 e. The van der Waals surface area contributed by atoms with Gasteiger partial charge in [-0.2, -0.15) is 9.97 Å². The molecule has 5 aliphatic heterocycles. The molecule has 388 valence electrons. The van der Waals surface area contributed by atoms with Gasteiger partial charge >= 0.3 is 12.0 Å². The van der Waals surface area contributed by atoms with E-state index in [2.05, 4.69) is 48.4 Å². The Morgan fingerprint density at radius 2 is 1.74 bits per heavy atom. The number of aromatic nitrogens is 3. The summed E-state index contributed by atoms with van der Waals surface area (Å²) in [5, 5.41) is 16.4. The van der Waals surface area contributed by atoms with Gasteiger partial charge in [0.15, 0.2) is 5.82 Å². The number of halogens is 2. The van der Waals surface area contributed by atoms with Crippen LogP contribution in [0.2, 0.25) is 0 Å². The lowest BCUT2D eigenvalue weighted by Gasteiger charge is -2.47. The van der Waals surface area contributed by atoms with Gasteiger partial charge in [-0.25, -0.2) is 24.0 Å². The fourth-order valence-electron chi connectivity index (χ4n) is 12.6. The van der Waals surface area contributed by atoms with Gasteiger partial charge in [0.2, 0.25) is 5.91 Å². The van der Waals surface area contributed by atoms with Crippen molar-refractivity contribution in [3.05, 3.63) is 77.1 Å². The molecule has 3 unspecified atom stereocenters. The number of phenolic OH excluding ortho intramolecular Hbond substituents is 1. The van der Waals surface area contributed by atoms with Crippen molar-refractivity contribution in [3.8, 4) is 41.1 Å². The fraction of sp³-hybridized carbons (Fsp3) is 0.500. The van der Waals surface area contributed by atoms with Gasteiger partial charge in [0, 0.05) is 112 Å². The predicted octanol–water partition coefficient (Wildman–Crippen LogP) is 7.28. The lowest BCUT2D eigenvalue weighted by Crippen LogP contribution is -2.50. The van der Waals surface area contributed by atoms with E-state index in [0.29, 0.717) is 65.0 Å². The number of ether oxygens (including phenoxy) is 2. The van der Waals surface area contributed by atoms with Crippen molar-refractivity contribution < 1.29 is 37.7 Å². The van der Waals surface area contributed by atoms with Gasteiger partial charge in [-0.1, -0.05) is 18.9 Å². The number of imide groups is 1. The molecule has 6 fully saturated rings. The molecule has 3 aromatic carbocycles. The second-order valence-electron chi connectivity index (χ2n) is 21.6. The summed E-state index contributed by atoms with van der Waals surface area (Å²) in [7, 11) is 1.52. The Kier molecular flexibility index (Phi) is 13.9. The molecule has 1 aliphatic carbocycles. The summed E-state index contributed by atoms with van der Waals surface area (Å²) in [4.78, 5) is 60.8. The number of phenols is 1. The Bertz CT molecular complexity index is 3020. The number of carbonyl (C=O) groups is 3. The zero-order valence-corrected chi connectivity index (χ0v) is 42.2. The number of urea groups is 1. The topological polar surface area (TPSA) is 169 Å². The molecule has 4 amide bonds. The van der Waals surface area contributed by atoms with Crippen molar-refractivity contribution >= 4 is 45.2 Å². The third-order valence-corrected chi connectivity index (χ3v) is 16.8. The zero-order chi connectivity index (χ0) is 51.3. The van der Waals surface area contributed by atoms with Crippen LogP contribution in [0.3, 0.4) is 0 Å². The molecule has 3 N–H and O–H groups in total. The smallest absolute Gasteiger partial charge is 0.328 e. The Balaban J connectivity index is 0.682. The maximum absolute atomic E-state index is 17.1. The maximum atomic E-state index is 17.1. The van der Waals surface area contributed by atoms with Gasteiger partial charge in [0.05, 0.1) is 36.7 Å². The number of nitrogens with one attached hydrogen (secondary N) is 2. The Hall–Kier alpha value is -6.52. The van der Waals surface area contributed by atoms with E-state index < -0.39 is 17.7 Å². The van der Waals surface area contributed by atoms with Gasteiger partial charge in [0.25, 0.3) is 5.91 Å². The summed E-state index contributed by atoms with van der Waals surface area (Å²) in [5.74, 6) is 2.27. The van der Waals surface area contributed by atoms with E-state index in [1.165, 1.54) is 62.0 Å². The third kappa shape index (κ3) is 9.94. The van der Waals surface area contributed by atoms with Crippen molar-refractivity contribution in [2.75, 3.05) is 90.6 Å². The molecule has 6 aliphatic rings. The first-order valence-electron chi connectivity index (χ1n) is 26.3. The third-order valence-electron chi connectivity index (χ3n) is 16.8. The quantitative estimate of drug-likeness (QED) is 0.107. The average Bonchev–Trinajstić information content (AvgIpc) is 3.75. The normalized spacial score (nSPS) is 23.0. The number of terminal acetylenes is 1. The Morgan fingerprint density at radius 1 is 0.959 bits per heavy atom. The molecule has 2 aromatic heterocycles. The molecule has 2 bridgehead atoms. The number of carbonyl (C=O) groups excluding carboxylic acids is 3. The van der Waals surface area contributed by atoms with Crippen LogP contribution < -0.4 is 25.1 Å². The average molecular weight is 1010 g/mol. The van der Waals surface area contributed by atoms with Crippen LogP contribution in [-0.4, -0.2) is 143 Å². The molecule has 74 heavy (non-hydrogen) atoms. The van der Waals surface area contributed by atoms with Crippen molar-refractivity contribution in [1.29, 1.82) is 0 Å². The number of likely N-dealkylation sites (tertiary alicyclic amines) is 1. The molecule has 11 rings (SSSR count). The number of anilines is 1. The summed E-state index contributed by atoms with van der Waals surface area (Å²) in [6, 6.07) is 10.1. The standard InChI is InChI=1S/C56H64F2N10O6/c1-4-40-43(57)7-5-37-26-39(69)28-41(48(37)40)51-49(58)52-42(29-59-51)50(44-25-36-11-17-67(32-36)63-44)61-54(62-52)74-33-34(2)30-64-21-23-65(24-22-64)31-35-9-13-56(14-10-35)15-19-66(20-16-56)53(71)38-6-8-46(73-3)45(27-38)68-18-12-47(70)60-55(68)72/h1,5-8,26-29,34-36,44,63,69H,9-25,30-33H2,2-3H3,(H,60,70,72)/t34-,36?,44?/m1/s1. The number of nitrogens with zero attached hydrogens (tertiary/aromatic N) is 8. The minimum atomic E-state index is -0.739. The highest BCUT2D eigenvalue weighted by atomic mass is 19.1. The first-order chi connectivity index (χ1) is 35.8. The molecular formula is C56H64F2N10O6. The highest BCUT2D eigenvalue weighted by Crippen LogP contribution is 2.47. The van der Waals surface area contributed by atoms with Crippen LogP contribution in [0.1, 0.15) is 92.4 Å². The molecule has 18 heteroatoms. The lowest BCUT2D eigenvalue weighted by molar-refractivity contribution is -0.120. The van der Waals surface area contributed by atoms with Crippen molar-refractivity contribution in [2.45, 2.75) is 70.8 Å². The monoisotopic (exact) mass is 1010 g/mol. The van der Waals surface area contributed by atoms with E-state index >= 15 is 8.78 Å². The van der Waals surface area contributed by atoms with Gasteiger partial charge in [-0.3, -0.25) is 24.8 Å². The van der Waals surface area contributed by atoms with Gasteiger partial charge in [0.1, 0.15) is 28.5 Å².